The zero-order chi connectivity index (χ0) is 42.9. The Balaban J connectivity index is 1.02. The topological polar surface area (TPSA) is 51.6 Å². The third kappa shape index (κ3) is 5.85. The van der Waals surface area contributed by atoms with E-state index < -0.39 is 5.41 Å². The zero-order valence-electron chi connectivity index (χ0n) is 35.2. The molecule has 2 aliphatic carbocycles. The van der Waals surface area contributed by atoms with Gasteiger partial charge in [-0.3, -0.25) is 0 Å². The molecule has 0 atom stereocenters. The van der Waals surface area contributed by atoms with E-state index in [4.69, 9.17) is 19.9 Å². The van der Waals surface area contributed by atoms with Gasteiger partial charge in [0, 0.05) is 27.6 Å². The minimum Gasteiger partial charge on any atom is -0.248 e. The van der Waals surface area contributed by atoms with Crippen molar-refractivity contribution in [1.82, 2.24) is 19.9 Å². The third-order valence-corrected chi connectivity index (χ3v) is 13.3. The fourth-order valence-electron chi connectivity index (χ4n) is 10.5. The lowest BCUT2D eigenvalue weighted by atomic mass is 9.70. The Hall–Kier alpha value is -8.60. The average Bonchev–Trinajstić information content (AvgIpc) is 3.85. The van der Waals surface area contributed by atoms with Crippen LogP contribution in [0.1, 0.15) is 22.3 Å². The highest BCUT2D eigenvalue weighted by Gasteiger charge is 2.51. The molecule has 0 radical (unpaired) electrons. The number of hydrogen-bond acceptors (Lipinski definition) is 4. The van der Waals surface area contributed by atoms with Crippen molar-refractivity contribution < 1.29 is 0 Å². The van der Waals surface area contributed by atoms with Gasteiger partial charge in [-0.05, 0) is 97.1 Å². The van der Waals surface area contributed by atoms with Crippen LogP contribution in [0.2, 0.25) is 0 Å². The van der Waals surface area contributed by atoms with E-state index in [1.807, 2.05) is 24.3 Å². The van der Waals surface area contributed by atoms with E-state index in [0.29, 0.717) is 17.5 Å². The Morgan fingerprint density at radius 2 is 0.677 bits per heavy atom. The summed E-state index contributed by atoms with van der Waals surface area (Å²) in [5.74, 6) is 1.86. The van der Waals surface area contributed by atoms with Gasteiger partial charge in [-0.2, -0.15) is 0 Å². The lowest BCUT2D eigenvalue weighted by molar-refractivity contribution is 0.794. The molecule has 0 fully saturated rings. The molecule has 0 unspecified atom stereocenters. The zero-order valence-corrected chi connectivity index (χ0v) is 35.2. The van der Waals surface area contributed by atoms with Gasteiger partial charge in [0.1, 0.15) is 0 Å². The van der Waals surface area contributed by atoms with Gasteiger partial charge < -0.3 is 0 Å². The molecule has 0 amide bonds. The summed E-state index contributed by atoms with van der Waals surface area (Å²) in [6.45, 7) is 0. The van der Waals surface area contributed by atoms with Crippen LogP contribution in [0.5, 0.6) is 0 Å². The van der Waals surface area contributed by atoms with Crippen LogP contribution in [0.4, 0.5) is 0 Å². The fourth-order valence-corrected chi connectivity index (χ4v) is 10.5. The molecule has 13 rings (SSSR count). The summed E-state index contributed by atoms with van der Waals surface area (Å²) in [5.41, 5.74) is 19.9. The molecule has 0 bridgehead atoms. The molecule has 0 saturated heterocycles. The van der Waals surface area contributed by atoms with Crippen LogP contribution in [0.25, 0.3) is 101 Å². The van der Waals surface area contributed by atoms with Gasteiger partial charge >= 0.3 is 0 Å². The molecule has 2 aliphatic rings. The monoisotopic (exact) mass is 826 g/mol. The van der Waals surface area contributed by atoms with Crippen molar-refractivity contribution in [3.8, 4) is 89.9 Å². The number of aromatic nitrogens is 4. The summed E-state index contributed by atoms with van der Waals surface area (Å²) in [4.78, 5) is 21.0. The third-order valence-electron chi connectivity index (χ3n) is 13.3. The molecular weight excluding hydrogens is 789 g/mol. The molecule has 1 spiro atoms. The van der Waals surface area contributed by atoms with Crippen LogP contribution in [-0.2, 0) is 5.41 Å². The van der Waals surface area contributed by atoms with Gasteiger partial charge in [-0.15, -0.1) is 0 Å². The van der Waals surface area contributed by atoms with Crippen LogP contribution in [0.3, 0.4) is 0 Å². The summed E-state index contributed by atoms with van der Waals surface area (Å²) in [6.07, 6.45) is 0. The molecule has 302 valence electrons. The lowest BCUT2D eigenvalue weighted by Gasteiger charge is -2.30. The second-order valence-electron chi connectivity index (χ2n) is 16.9. The van der Waals surface area contributed by atoms with E-state index in [9.17, 15) is 0 Å². The summed E-state index contributed by atoms with van der Waals surface area (Å²) in [5, 5.41) is 1.09. The van der Waals surface area contributed by atoms with Crippen LogP contribution in [-0.4, -0.2) is 19.9 Å². The molecule has 0 N–H and O–H groups in total. The molecule has 11 aromatic rings. The van der Waals surface area contributed by atoms with Crippen molar-refractivity contribution >= 4 is 10.9 Å². The fraction of sp³-hybridized carbons (Fsp3) is 0.0164. The highest BCUT2D eigenvalue weighted by atomic mass is 15.0. The Morgan fingerprint density at radius 1 is 0.246 bits per heavy atom. The quantitative estimate of drug-likeness (QED) is 0.168. The van der Waals surface area contributed by atoms with Crippen molar-refractivity contribution in [3.63, 3.8) is 0 Å². The van der Waals surface area contributed by atoms with Gasteiger partial charge in [-0.1, -0.05) is 200 Å². The molecule has 2 aromatic heterocycles. The van der Waals surface area contributed by atoms with Gasteiger partial charge in [0.15, 0.2) is 17.5 Å². The highest BCUT2D eigenvalue weighted by molar-refractivity contribution is 6.04. The SMILES string of the molecule is c1ccc(-c2cccc(-c3nc(-c4ccccc4)nc(-c4cccc(-c5cc(-c6ccccc6)nc6cc7c(cc56)-c5ccccc5C75c6ccccc6-c6ccccc65)c4)n3)c2)cc1. The smallest absolute Gasteiger partial charge is 0.164 e. The van der Waals surface area contributed by atoms with Crippen molar-refractivity contribution in [1.29, 1.82) is 0 Å². The normalized spacial score (nSPS) is 12.7. The number of benzene rings is 9. The van der Waals surface area contributed by atoms with E-state index in [2.05, 4.69) is 206 Å². The van der Waals surface area contributed by atoms with Crippen molar-refractivity contribution in [2.45, 2.75) is 5.41 Å². The summed E-state index contributed by atoms with van der Waals surface area (Å²) < 4.78 is 0. The Labute approximate surface area is 377 Å². The first-order chi connectivity index (χ1) is 32.2. The Bertz CT molecular complexity index is 3610. The Kier molecular flexibility index (Phi) is 8.40. The van der Waals surface area contributed by atoms with E-state index in [1.165, 1.54) is 44.5 Å². The van der Waals surface area contributed by atoms with E-state index >= 15 is 0 Å². The number of hydrogen-bond donors (Lipinski definition) is 0. The molecular formula is C61H38N4. The first kappa shape index (κ1) is 37.0. The largest absolute Gasteiger partial charge is 0.248 e. The van der Waals surface area contributed by atoms with Gasteiger partial charge in [-0.25, -0.2) is 19.9 Å². The number of rotatable bonds is 6. The van der Waals surface area contributed by atoms with E-state index in [0.717, 1.165) is 61.1 Å². The molecule has 2 heterocycles. The molecule has 65 heavy (non-hydrogen) atoms. The second kappa shape index (κ2) is 14.8. The average molecular weight is 827 g/mol. The number of nitrogens with zero attached hydrogens (tertiary/aromatic N) is 4. The van der Waals surface area contributed by atoms with Crippen molar-refractivity contribution in [2.24, 2.45) is 0 Å². The predicted molar refractivity (Wildman–Crippen MR) is 264 cm³/mol. The molecule has 4 nitrogen and oxygen atoms in total. The van der Waals surface area contributed by atoms with Crippen molar-refractivity contribution in [2.75, 3.05) is 0 Å². The summed E-state index contributed by atoms with van der Waals surface area (Å²) >= 11 is 0. The Morgan fingerprint density at radius 3 is 1.26 bits per heavy atom. The van der Waals surface area contributed by atoms with Gasteiger partial charge in [0.2, 0.25) is 0 Å². The summed E-state index contributed by atoms with van der Waals surface area (Å²) in [7, 11) is 0. The number of pyridine rings is 1. The minimum atomic E-state index is -0.467. The number of fused-ring (bicyclic) bond motifs is 11. The van der Waals surface area contributed by atoms with Crippen LogP contribution in [0, 0.1) is 0 Å². The van der Waals surface area contributed by atoms with E-state index in [1.54, 1.807) is 0 Å². The maximum atomic E-state index is 5.51. The summed E-state index contributed by atoms with van der Waals surface area (Å²) in [6, 6.07) is 82.1. The van der Waals surface area contributed by atoms with Gasteiger partial charge in [0.25, 0.3) is 0 Å². The van der Waals surface area contributed by atoms with Crippen LogP contribution < -0.4 is 0 Å². The molecule has 4 heteroatoms. The van der Waals surface area contributed by atoms with E-state index in [-0.39, 0.29) is 0 Å². The highest BCUT2D eigenvalue weighted by Crippen LogP contribution is 2.63. The predicted octanol–water partition coefficient (Wildman–Crippen LogP) is 14.8. The maximum Gasteiger partial charge on any atom is 0.164 e. The first-order valence-electron chi connectivity index (χ1n) is 22.1. The van der Waals surface area contributed by atoms with Crippen molar-refractivity contribution in [3.05, 3.63) is 253 Å². The van der Waals surface area contributed by atoms with Gasteiger partial charge in [0.05, 0.1) is 16.6 Å². The van der Waals surface area contributed by atoms with Crippen LogP contribution in [0.15, 0.2) is 231 Å². The molecule has 0 aliphatic heterocycles. The molecule has 0 saturated carbocycles. The lowest BCUT2D eigenvalue weighted by Crippen LogP contribution is -2.25. The molecule has 9 aromatic carbocycles. The second-order valence-corrected chi connectivity index (χ2v) is 16.9. The standard InChI is InChI=1S/C61H38N4/c1-4-18-39(19-5-1)42-24-16-26-44(34-42)59-63-58(41-22-8-3-9-23-41)64-60(65-59)45-27-17-25-43(35-45)49-37-56(40-20-6-2-7-21-40)62-57-38-55-50(36-51(49)57)48-30-12-15-33-54(48)61(55)52-31-13-10-28-46(52)47-29-11-14-32-53(47)61/h1-38H. The first-order valence-corrected chi connectivity index (χ1v) is 22.1. The maximum absolute atomic E-state index is 5.51. The van der Waals surface area contributed by atoms with Crippen LogP contribution >= 0.6 is 0 Å². The minimum absolute atomic E-state index is 0.467.